The van der Waals surface area contributed by atoms with Gasteiger partial charge in [-0.3, -0.25) is 4.79 Å². The van der Waals surface area contributed by atoms with Crippen LogP contribution in [0.5, 0.6) is 5.75 Å². The lowest BCUT2D eigenvalue weighted by molar-refractivity contribution is -0.123. The summed E-state index contributed by atoms with van der Waals surface area (Å²) in [6.07, 6.45) is 0. The molecule has 27 heavy (non-hydrogen) atoms. The molecule has 0 spiro atoms. The van der Waals surface area contributed by atoms with Gasteiger partial charge in [0, 0.05) is 6.54 Å². The predicted molar refractivity (Wildman–Crippen MR) is 114 cm³/mol. The smallest absolute Gasteiger partial charge is 0.258 e. The van der Waals surface area contributed by atoms with E-state index < -0.39 is 0 Å². The number of halogens is 1. The van der Waals surface area contributed by atoms with Crippen LogP contribution in [0.25, 0.3) is 10.8 Å². The summed E-state index contributed by atoms with van der Waals surface area (Å²) in [5, 5.41) is 5.27. The fraction of sp³-hybridized carbons (Fsp3) is 0.261. The molecular formula is C23H24BrNO2. The first kappa shape index (κ1) is 19.4. The highest BCUT2D eigenvalue weighted by Crippen LogP contribution is 2.31. The van der Waals surface area contributed by atoms with Crippen LogP contribution >= 0.6 is 15.9 Å². The molecule has 4 heteroatoms. The Hall–Kier alpha value is -2.33. The maximum absolute atomic E-state index is 12.1. The molecule has 0 saturated carbocycles. The van der Waals surface area contributed by atoms with E-state index in [0.29, 0.717) is 12.3 Å². The number of nitrogens with one attached hydrogen (secondary N) is 1. The molecule has 3 rings (SSSR count). The van der Waals surface area contributed by atoms with Gasteiger partial charge in [-0.25, -0.2) is 0 Å². The third-order valence-electron chi connectivity index (χ3n) is 4.46. The van der Waals surface area contributed by atoms with Crippen molar-refractivity contribution in [3.8, 4) is 5.75 Å². The van der Waals surface area contributed by atoms with Crippen LogP contribution in [-0.2, 0) is 16.8 Å². The van der Waals surface area contributed by atoms with Gasteiger partial charge in [0.15, 0.2) is 6.61 Å². The van der Waals surface area contributed by atoms with E-state index in [1.807, 2.05) is 36.4 Å². The Morgan fingerprint density at radius 3 is 2.44 bits per heavy atom. The molecular weight excluding hydrogens is 402 g/mol. The van der Waals surface area contributed by atoms with Crippen molar-refractivity contribution in [1.29, 1.82) is 0 Å². The Labute approximate surface area is 168 Å². The van der Waals surface area contributed by atoms with Crippen molar-refractivity contribution in [2.45, 2.75) is 32.7 Å². The summed E-state index contributed by atoms with van der Waals surface area (Å²) < 4.78 is 6.52. The maximum Gasteiger partial charge on any atom is 0.258 e. The first-order valence-corrected chi connectivity index (χ1v) is 9.79. The average molecular weight is 426 g/mol. The Morgan fingerprint density at radius 2 is 1.74 bits per heavy atom. The largest absolute Gasteiger partial charge is 0.483 e. The molecule has 140 valence electrons. The number of fused-ring (bicyclic) bond motifs is 1. The van der Waals surface area contributed by atoms with Gasteiger partial charge in [-0.15, -0.1) is 0 Å². The Morgan fingerprint density at radius 1 is 1.00 bits per heavy atom. The molecule has 1 amide bonds. The van der Waals surface area contributed by atoms with Crippen molar-refractivity contribution in [3.05, 3.63) is 76.3 Å². The minimum atomic E-state index is -0.144. The van der Waals surface area contributed by atoms with Crippen LogP contribution in [-0.4, -0.2) is 12.5 Å². The lowest BCUT2D eigenvalue weighted by Crippen LogP contribution is -2.28. The number of carbonyl (C=O) groups excluding carboxylic acids is 1. The molecule has 0 unspecified atom stereocenters. The molecule has 0 radical (unpaired) electrons. The summed E-state index contributed by atoms with van der Waals surface area (Å²) in [5.41, 5.74) is 2.35. The molecule has 0 aromatic heterocycles. The van der Waals surface area contributed by atoms with Crippen molar-refractivity contribution in [2.24, 2.45) is 0 Å². The van der Waals surface area contributed by atoms with E-state index in [1.54, 1.807) is 0 Å². The van der Waals surface area contributed by atoms with Gasteiger partial charge >= 0.3 is 0 Å². The van der Waals surface area contributed by atoms with Crippen molar-refractivity contribution < 1.29 is 9.53 Å². The topological polar surface area (TPSA) is 38.3 Å². The third kappa shape index (κ3) is 5.10. The third-order valence-corrected chi connectivity index (χ3v) is 5.08. The van der Waals surface area contributed by atoms with Crippen molar-refractivity contribution in [1.82, 2.24) is 5.32 Å². The lowest BCUT2D eigenvalue weighted by atomic mass is 9.87. The van der Waals surface area contributed by atoms with E-state index in [4.69, 9.17) is 4.74 Å². The van der Waals surface area contributed by atoms with Gasteiger partial charge in [0.05, 0.1) is 4.47 Å². The Kier molecular flexibility index (Phi) is 5.85. The second-order valence-electron chi connectivity index (χ2n) is 7.64. The fourth-order valence-electron chi connectivity index (χ4n) is 2.83. The van der Waals surface area contributed by atoms with E-state index in [2.05, 4.69) is 66.3 Å². The number of hydrogen-bond acceptors (Lipinski definition) is 2. The van der Waals surface area contributed by atoms with Crippen LogP contribution in [0.3, 0.4) is 0 Å². The number of ether oxygens (including phenoxy) is 1. The fourth-order valence-corrected chi connectivity index (χ4v) is 3.32. The number of rotatable bonds is 5. The minimum absolute atomic E-state index is 0.0129. The summed E-state index contributed by atoms with van der Waals surface area (Å²) in [6.45, 7) is 6.96. The molecule has 3 aromatic rings. The van der Waals surface area contributed by atoms with E-state index >= 15 is 0 Å². The summed E-state index contributed by atoms with van der Waals surface area (Å²) in [6, 6.07) is 20.4. The molecule has 0 aliphatic rings. The van der Waals surface area contributed by atoms with Crippen molar-refractivity contribution in [2.75, 3.05) is 6.61 Å². The molecule has 0 fully saturated rings. The SMILES string of the molecule is CC(C)(C)c1ccc(OCC(=O)NCc2ccc3ccccc3c2)c(Br)c1. The zero-order chi connectivity index (χ0) is 19.4. The second kappa shape index (κ2) is 8.13. The molecule has 0 saturated heterocycles. The molecule has 0 heterocycles. The summed E-state index contributed by atoms with van der Waals surface area (Å²) in [4.78, 5) is 12.1. The average Bonchev–Trinajstić information content (AvgIpc) is 2.64. The van der Waals surface area contributed by atoms with Gasteiger partial charge in [-0.2, -0.15) is 0 Å². The van der Waals surface area contributed by atoms with Crippen LogP contribution in [0.2, 0.25) is 0 Å². The zero-order valence-electron chi connectivity index (χ0n) is 15.9. The summed E-state index contributed by atoms with van der Waals surface area (Å²) in [5.74, 6) is 0.527. The standard InChI is InChI=1S/C23H24BrNO2/c1-23(2,3)19-10-11-21(20(24)13-19)27-15-22(26)25-14-16-8-9-17-6-4-5-7-18(17)12-16/h4-13H,14-15H2,1-3H3,(H,25,26). The number of benzene rings is 3. The quantitative estimate of drug-likeness (QED) is 0.577. The number of amides is 1. The highest BCUT2D eigenvalue weighted by atomic mass is 79.9. The summed E-state index contributed by atoms with van der Waals surface area (Å²) in [7, 11) is 0. The first-order chi connectivity index (χ1) is 12.8. The van der Waals surface area contributed by atoms with Crippen molar-refractivity contribution in [3.63, 3.8) is 0 Å². The zero-order valence-corrected chi connectivity index (χ0v) is 17.5. The number of carbonyl (C=O) groups is 1. The monoisotopic (exact) mass is 425 g/mol. The molecule has 0 atom stereocenters. The van der Waals surface area contributed by atoms with E-state index in [9.17, 15) is 4.79 Å². The molecule has 0 aliphatic heterocycles. The van der Waals surface area contributed by atoms with E-state index in [1.165, 1.54) is 16.3 Å². The first-order valence-electron chi connectivity index (χ1n) is 9.00. The van der Waals surface area contributed by atoms with Crippen molar-refractivity contribution >= 4 is 32.6 Å². The summed E-state index contributed by atoms with van der Waals surface area (Å²) >= 11 is 3.53. The highest BCUT2D eigenvalue weighted by molar-refractivity contribution is 9.10. The molecule has 1 N–H and O–H groups in total. The van der Waals surface area contributed by atoms with E-state index in [0.717, 1.165) is 10.0 Å². The van der Waals surface area contributed by atoms with Gasteiger partial charge in [0.2, 0.25) is 0 Å². The second-order valence-corrected chi connectivity index (χ2v) is 8.50. The van der Waals surface area contributed by atoms with Gasteiger partial charge in [-0.1, -0.05) is 63.2 Å². The molecule has 3 nitrogen and oxygen atoms in total. The minimum Gasteiger partial charge on any atom is -0.483 e. The lowest BCUT2D eigenvalue weighted by Gasteiger charge is -2.20. The number of hydrogen-bond donors (Lipinski definition) is 1. The van der Waals surface area contributed by atoms with Gasteiger partial charge in [-0.05, 0) is 61.4 Å². The molecule has 3 aromatic carbocycles. The Bertz CT molecular complexity index is 960. The molecule has 0 bridgehead atoms. The normalized spacial score (nSPS) is 11.4. The van der Waals surface area contributed by atoms with Gasteiger partial charge < -0.3 is 10.1 Å². The van der Waals surface area contributed by atoms with Gasteiger partial charge in [0.25, 0.3) is 5.91 Å². The van der Waals surface area contributed by atoms with Gasteiger partial charge in [0.1, 0.15) is 5.75 Å². The van der Waals surface area contributed by atoms with Crippen LogP contribution < -0.4 is 10.1 Å². The highest BCUT2D eigenvalue weighted by Gasteiger charge is 2.15. The van der Waals surface area contributed by atoms with Crippen LogP contribution in [0.4, 0.5) is 0 Å². The molecule has 0 aliphatic carbocycles. The maximum atomic E-state index is 12.1. The van der Waals surface area contributed by atoms with Crippen LogP contribution in [0.15, 0.2) is 65.1 Å². The predicted octanol–water partition coefficient (Wildman–Crippen LogP) is 5.60. The Balaban J connectivity index is 1.55. The van der Waals surface area contributed by atoms with Crippen LogP contribution in [0.1, 0.15) is 31.9 Å². The van der Waals surface area contributed by atoms with E-state index in [-0.39, 0.29) is 17.9 Å². The van der Waals surface area contributed by atoms with Crippen LogP contribution in [0, 0.1) is 0 Å².